The number of hydrogen-bond donors (Lipinski definition) is 3. The summed E-state index contributed by atoms with van der Waals surface area (Å²) in [6, 6.07) is 15.5. The Labute approximate surface area is 204 Å². The first-order chi connectivity index (χ1) is 13.7. The van der Waals surface area contributed by atoms with E-state index in [9.17, 15) is 0 Å². The minimum Gasteiger partial charge on any atom is -0.699 e. The van der Waals surface area contributed by atoms with Crippen LogP contribution >= 0.6 is 0 Å². The third-order valence-corrected chi connectivity index (χ3v) is 4.95. The minimum absolute atomic E-state index is 0. The maximum Gasteiger partial charge on any atom is 0.229 e. The van der Waals surface area contributed by atoms with Crippen LogP contribution in [0.4, 0.5) is 29.0 Å². The Morgan fingerprint density at radius 1 is 1.03 bits per heavy atom. The molecule has 0 atom stereocenters. The number of rotatable bonds is 5. The van der Waals surface area contributed by atoms with Gasteiger partial charge in [-0.1, -0.05) is 23.8 Å². The van der Waals surface area contributed by atoms with E-state index in [0.29, 0.717) is 23.4 Å². The topological polar surface area (TPSA) is 102 Å². The molecule has 0 saturated heterocycles. The number of nitrogens with zero attached hydrogens (tertiary/aromatic N) is 3. The van der Waals surface area contributed by atoms with Gasteiger partial charge in [0.2, 0.25) is 5.95 Å². The zero-order chi connectivity index (χ0) is 19.1. The van der Waals surface area contributed by atoms with Crippen LogP contribution in [0.2, 0.25) is 0 Å². The Morgan fingerprint density at radius 3 is 2.66 bits per heavy atom. The van der Waals surface area contributed by atoms with Gasteiger partial charge in [0.1, 0.15) is 5.82 Å². The molecule has 7 nitrogen and oxygen atoms in total. The van der Waals surface area contributed by atoms with E-state index in [4.69, 9.17) is 5.73 Å². The van der Waals surface area contributed by atoms with Crippen LogP contribution in [0.5, 0.6) is 0 Å². The number of anilines is 4. The zero-order valence-corrected chi connectivity index (χ0v) is 20.8. The first-order valence-electron chi connectivity index (χ1n) is 9.34. The van der Waals surface area contributed by atoms with Crippen molar-refractivity contribution in [2.45, 2.75) is 25.7 Å². The molecule has 1 fully saturated rings. The summed E-state index contributed by atoms with van der Waals surface area (Å²) >= 11 is 0. The fraction of sp³-hybridized carbons (Fsp3) is 0.190. The molecule has 0 aliphatic heterocycles. The van der Waals surface area contributed by atoms with Crippen LogP contribution in [0.15, 0.2) is 48.5 Å². The molecule has 1 radical (unpaired) electrons. The largest absolute Gasteiger partial charge is 0.699 e. The maximum absolute atomic E-state index is 7.82. The predicted molar refractivity (Wildman–Crippen MR) is 112 cm³/mol. The molecule has 0 spiro atoms. The van der Waals surface area contributed by atoms with Crippen LogP contribution in [0.3, 0.4) is 0 Å². The number of fused-ring (bicyclic) bond motifs is 1. The molecule has 0 unspecified atom stereocenters. The molecule has 8 heteroatoms. The second-order valence-electron chi connectivity index (χ2n) is 7.18. The van der Waals surface area contributed by atoms with Crippen LogP contribution in [-0.4, -0.2) is 20.2 Å². The Balaban J connectivity index is 0.00000205. The van der Waals surface area contributed by atoms with Crippen molar-refractivity contribution in [3.8, 4) is 0 Å². The third-order valence-electron chi connectivity index (χ3n) is 4.95. The first-order valence-corrected chi connectivity index (χ1v) is 9.34. The van der Waals surface area contributed by atoms with E-state index in [1.165, 1.54) is 18.5 Å². The summed E-state index contributed by atoms with van der Waals surface area (Å²) < 4.78 is 0. The standard InChI is InChI=1S/C21H20N7.Ac/c1-12-10-14(8-9-16(12)22)23-21-24-17-5-3-2-4-15(17)20(26-21)25-19-11-18(27-28-19)13-6-7-13;/h2-5,8-11,13,22H,6-7H2,1H3,(H3,23,24,25,26,27,28);/q-1;. The number of nitrogens with one attached hydrogen (secondary N) is 4. The van der Waals surface area contributed by atoms with E-state index in [1.54, 1.807) is 6.07 Å². The number of hydrogen-bond acceptors (Lipinski definition) is 5. The Morgan fingerprint density at radius 2 is 1.86 bits per heavy atom. The van der Waals surface area contributed by atoms with Gasteiger partial charge in [0.05, 0.1) is 5.52 Å². The molecule has 4 N–H and O–H groups in total. The molecule has 29 heavy (non-hydrogen) atoms. The molecule has 1 aliphatic rings. The normalized spacial score (nSPS) is 13.1. The Bertz CT molecular complexity index is 1170. The van der Waals surface area contributed by atoms with E-state index in [1.807, 2.05) is 43.3 Å². The van der Waals surface area contributed by atoms with Gasteiger partial charge >= 0.3 is 0 Å². The number of aromatic amines is 1. The fourth-order valence-corrected chi connectivity index (χ4v) is 3.22. The molecular weight excluding hydrogens is 577 g/mol. The number of aromatic nitrogens is 4. The summed E-state index contributed by atoms with van der Waals surface area (Å²) in [5.41, 5.74) is 12.1. The summed E-state index contributed by atoms with van der Waals surface area (Å²) in [6.07, 6.45) is 2.45. The first kappa shape index (κ1) is 20.1. The summed E-state index contributed by atoms with van der Waals surface area (Å²) in [6.45, 7) is 1.91. The van der Waals surface area contributed by atoms with Crippen LogP contribution in [0, 0.1) is 51.0 Å². The van der Waals surface area contributed by atoms with Gasteiger partial charge in [0, 0.05) is 72.8 Å². The summed E-state index contributed by atoms with van der Waals surface area (Å²) in [7, 11) is 0. The van der Waals surface area contributed by atoms with Crippen molar-refractivity contribution in [2.24, 2.45) is 0 Å². The molecule has 2 heterocycles. The summed E-state index contributed by atoms with van der Waals surface area (Å²) in [4.78, 5) is 9.31. The fourth-order valence-electron chi connectivity index (χ4n) is 3.22. The van der Waals surface area contributed by atoms with Crippen molar-refractivity contribution in [1.29, 1.82) is 0 Å². The quantitative estimate of drug-likeness (QED) is 0.274. The van der Waals surface area contributed by atoms with Crippen LogP contribution < -0.4 is 10.6 Å². The molecule has 0 amide bonds. The third kappa shape index (κ3) is 4.39. The van der Waals surface area contributed by atoms with E-state index in [-0.39, 0.29) is 44.1 Å². The molecule has 1 aliphatic carbocycles. The molecule has 4 aromatic rings. The van der Waals surface area contributed by atoms with Crippen molar-refractivity contribution < 1.29 is 44.1 Å². The number of para-hydroxylation sites is 1. The van der Waals surface area contributed by atoms with Crippen molar-refractivity contribution in [1.82, 2.24) is 20.2 Å². The van der Waals surface area contributed by atoms with Gasteiger partial charge in [-0.2, -0.15) is 10.1 Å². The summed E-state index contributed by atoms with van der Waals surface area (Å²) in [5.74, 6) is 2.57. The van der Waals surface area contributed by atoms with Crippen LogP contribution in [-0.2, 0) is 0 Å². The Kier molecular flexibility index (Phi) is 5.75. The minimum atomic E-state index is 0. The zero-order valence-electron chi connectivity index (χ0n) is 16.0. The van der Waals surface area contributed by atoms with Gasteiger partial charge in [-0.15, -0.1) is 5.69 Å². The van der Waals surface area contributed by atoms with Gasteiger partial charge in [0.15, 0.2) is 5.82 Å². The molecule has 143 valence electrons. The van der Waals surface area contributed by atoms with E-state index >= 15 is 0 Å². The second kappa shape index (κ2) is 8.29. The van der Waals surface area contributed by atoms with Gasteiger partial charge in [-0.25, -0.2) is 4.98 Å². The van der Waals surface area contributed by atoms with E-state index < -0.39 is 0 Å². The average molecular weight is 597 g/mol. The summed E-state index contributed by atoms with van der Waals surface area (Å²) in [5, 5.41) is 15.0. The Hall–Kier alpha value is -2.17. The van der Waals surface area contributed by atoms with E-state index in [2.05, 4.69) is 36.9 Å². The molecule has 0 bridgehead atoms. The second-order valence-corrected chi connectivity index (χ2v) is 7.18. The maximum atomic E-state index is 7.82. The molecule has 2 aromatic heterocycles. The van der Waals surface area contributed by atoms with Gasteiger partial charge in [-0.05, 0) is 44.0 Å². The molecule has 2 aromatic carbocycles. The van der Waals surface area contributed by atoms with Crippen molar-refractivity contribution in [3.63, 3.8) is 0 Å². The predicted octanol–water partition coefficient (Wildman–Crippen LogP) is 5.71. The molecule has 5 rings (SSSR count). The van der Waals surface area contributed by atoms with Crippen LogP contribution in [0.25, 0.3) is 16.6 Å². The number of H-pyrrole nitrogens is 1. The smallest absolute Gasteiger partial charge is 0.229 e. The monoisotopic (exact) mass is 597 g/mol. The van der Waals surface area contributed by atoms with Gasteiger partial charge in [0.25, 0.3) is 0 Å². The molecule has 1 saturated carbocycles. The van der Waals surface area contributed by atoms with Gasteiger partial charge in [-0.3, -0.25) is 5.10 Å². The van der Waals surface area contributed by atoms with Gasteiger partial charge < -0.3 is 16.4 Å². The number of benzene rings is 2. The number of aryl methyl sites for hydroxylation is 1. The van der Waals surface area contributed by atoms with Crippen molar-refractivity contribution in [2.75, 3.05) is 10.6 Å². The van der Waals surface area contributed by atoms with E-state index in [0.717, 1.165) is 28.0 Å². The molecular formula is C21H20AcN7-. The van der Waals surface area contributed by atoms with Crippen molar-refractivity contribution in [3.05, 3.63) is 65.5 Å². The SMILES string of the molecule is Cc1cc(Nc2nc(Nc3cc(C4CC4)[nH]n3)c3ccccc3n2)ccc1[NH-].[Ac]. The van der Waals surface area contributed by atoms with Crippen molar-refractivity contribution >= 4 is 39.9 Å². The average Bonchev–Trinajstić information content (AvgIpc) is 3.44. The van der Waals surface area contributed by atoms with Crippen LogP contribution in [0.1, 0.15) is 30.0 Å².